The molecule has 132 valence electrons. The van der Waals surface area contributed by atoms with Crippen LogP contribution in [0.15, 0.2) is 0 Å². The van der Waals surface area contributed by atoms with Gasteiger partial charge in [0.05, 0.1) is 10.9 Å². The van der Waals surface area contributed by atoms with Gasteiger partial charge < -0.3 is 20.1 Å². The molecule has 0 saturated carbocycles. The van der Waals surface area contributed by atoms with Crippen LogP contribution in [0.3, 0.4) is 0 Å². The van der Waals surface area contributed by atoms with E-state index in [2.05, 4.69) is 15.4 Å². The number of carbonyl (C=O) groups is 2. The van der Waals surface area contributed by atoms with E-state index in [9.17, 15) is 9.59 Å². The largest absolute Gasteiger partial charge is 0.508 e. The van der Waals surface area contributed by atoms with Gasteiger partial charge in [-0.3, -0.25) is 4.79 Å². The van der Waals surface area contributed by atoms with Gasteiger partial charge in [-0.25, -0.2) is 4.79 Å². The van der Waals surface area contributed by atoms with Crippen molar-refractivity contribution in [2.45, 2.75) is 42.6 Å². The first kappa shape index (κ1) is 20.5. The quantitative estimate of drug-likeness (QED) is 0.293. The number of nitrogens with one attached hydrogen (secondary N) is 2. The van der Waals surface area contributed by atoms with Gasteiger partial charge in [0.25, 0.3) is 0 Å². The van der Waals surface area contributed by atoms with Crippen LogP contribution in [0.5, 0.6) is 0 Å². The average Bonchev–Trinajstić information content (AvgIpc) is 2.40. The fraction of sp³-hybridized carbons (Fsp3) is 0.769. The van der Waals surface area contributed by atoms with Gasteiger partial charge in [-0.1, -0.05) is 47.0 Å². The highest BCUT2D eigenvalue weighted by molar-refractivity contribution is 7.80. The summed E-state index contributed by atoms with van der Waals surface area (Å²) in [6, 6.07) is -0.102. The first-order valence-electron chi connectivity index (χ1n) is 7.11. The van der Waals surface area contributed by atoms with Gasteiger partial charge in [0.1, 0.15) is 12.7 Å². The molecular formula is C13H19Cl3N2O4S. The molecule has 23 heavy (non-hydrogen) atoms. The Morgan fingerprint density at radius 2 is 2.13 bits per heavy atom. The second-order valence-corrected chi connectivity index (χ2v) is 8.12. The fourth-order valence-electron chi connectivity index (χ4n) is 2.22. The first-order chi connectivity index (χ1) is 10.6. The van der Waals surface area contributed by atoms with Crippen LogP contribution < -0.4 is 10.6 Å². The molecule has 0 aromatic carbocycles. The predicted molar refractivity (Wildman–Crippen MR) is 93.1 cm³/mol. The summed E-state index contributed by atoms with van der Waals surface area (Å²) in [7, 11) is 0. The lowest BCUT2D eigenvalue weighted by Crippen LogP contribution is -2.62. The van der Waals surface area contributed by atoms with E-state index in [1.54, 1.807) is 6.92 Å². The molecule has 0 bridgehead atoms. The molecule has 1 amide bonds. The molecule has 0 spiro atoms. The number of thiocarbonyl (C=S) groups is 1. The van der Waals surface area contributed by atoms with Crippen molar-refractivity contribution < 1.29 is 19.1 Å². The van der Waals surface area contributed by atoms with Gasteiger partial charge in [0.15, 0.2) is 0 Å². The van der Waals surface area contributed by atoms with E-state index in [4.69, 9.17) is 51.8 Å². The number of amides is 1. The van der Waals surface area contributed by atoms with E-state index in [1.807, 2.05) is 6.92 Å². The highest BCUT2D eigenvalue weighted by atomic mass is 35.6. The van der Waals surface area contributed by atoms with E-state index < -0.39 is 28.6 Å². The zero-order valence-electron chi connectivity index (χ0n) is 12.7. The third-order valence-electron chi connectivity index (χ3n) is 3.26. The van der Waals surface area contributed by atoms with E-state index >= 15 is 0 Å². The summed E-state index contributed by atoms with van der Waals surface area (Å²) in [5.74, 6) is -0.620. The number of carbonyl (C=O) groups excluding carboxylic acids is 2. The van der Waals surface area contributed by atoms with Crippen molar-refractivity contribution in [2.75, 3.05) is 13.2 Å². The molecule has 10 heteroatoms. The van der Waals surface area contributed by atoms with Crippen LogP contribution in [0.4, 0.5) is 4.79 Å². The minimum absolute atomic E-state index is 0.102. The van der Waals surface area contributed by atoms with Gasteiger partial charge in [0.2, 0.25) is 9.70 Å². The molecule has 1 aliphatic heterocycles. The Balaban J connectivity index is 2.41. The molecule has 0 radical (unpaired) electrons. The van der Waals surface area contributed by atoms with Crippen molar-refractivity contribution in [3.05, 3.63) is 0 Å². The summed E-state index contributed by atoms with van der Waals surface area (Å²) in [6.07, 6.45) is -0.316. The number of β-lactam (4-membered cyclic amide) rings is 1. The lowest BCUT2D eigenvalue weighted by molar-refractivity contribution is -0.141. The van der Waals surface area contributed by atoms with Crippen LogP contribution >= 0.6 is 47.0 Å². The predicted octanol–water partition coefficient (Wildman–Crippen LogP) is 2.73. The summed E-state index contributed by atoms with van der Waals surface area (Å²) in [5, 5.41) is 5.82. The Labute approximate surface area is 155 Å². The van der Waals surface area contributed by atoms with Crippen LogP contribution in [0.2, 0.25) is 0 Å². The Morgan fingerprint density at radius 1 is 1.48 bits per heavy atom. The van der Waals surface area contributed by atoms with Gasteiger partial charge in [-0.2, -0.15) is 0 Å². The molecular weight excluding hydrogens is 387 g/mol. The normalized spacial score (nSPS) is 21.7. The standard InChI is InChI=1S/C13H19Cl3N2O4S/c1-3-17-9(23)5-4-8-10(11(19)18-8)7(2)22-12(20)21-6-13(14,15)16/h7-8,10H,3-6H2,1-2H3,(H,17,23)(H,18,19)/t7?,8-,10+/m1/s1. The Bertz CT molecular complexity index is 459. The van der Waals surface area contributed by atoms with Crippen molar-refractivity contribution >= 4 is 64.1 Å². The molecule has 1 unspecified atom stereocenters. The zero-order chi connectivity index (χ0) is 17.6. The monoisotopic (exact) mass is 404 g/mol. The van der Waals surface area contributed by atoms with Gasteiger partial charge in [-0.15, -0.1) is 0 Å². The van der Waals surface area contributed by atoms with Crippen molar-refractivity contribution in [3.63, 3.8) is 0 Å². The first-order valence-corrected chi connectivity index (χ1v) is 8.65. The second kappa shape index (κ2) is 9.11. The lowest BCUT2D eigenvalue weighted by Gasteiger charge is -2.39. The molecule has 0 aromatic heterocycles. The number of hydrogen-bond acceptors (Lipinski definition) is 5. The second-order valence-electron chi connectivity index (χ2n) is 5.11. The SMILES string of the molecule is CCNC(=S)CC[C@H]1NC(=O)[C@H]1C(C)OC(=O)OCC(Cl)(Cl)Cl. The van der Waals surface area contributed by atoms with E-state index in [1.165, 1.54) is 0 Å². The van der Waals surface area contributed by atoms with Crippen LogP contribution in [0, 0.1) is 5.92 Å². The number of alkyl halides is 3. The fourth-order valence-corrected chi connectivity index (χ4v) is 2.65. The van der Waals surface area contributed by atoms with E-state index in [0.717, 1.165) is 11.5 Å². The molecule has 3 atom stereocenters. The Hall–Kier alpha value is -0.500. The van der Waals surface area contributed by atoms with Gasteiger partial charge in [0, 0.05) is 12.6 Å². The highest BCUT2D eigenvalue weighted by Gasteiger charge is 2.44. The summed E-state index contributed by atoms with van der Waals surface area (Å²) in [5.41, 5.74) is 0. The topological polar surface area (TPSA) is 76.7 Å². The summed E-state index contributed by atoms with van der Waals surface area (Å²) in [6.45, 7) is 3.91. The third-order valence-corrected chi connectivity index (χ3v) is 3.94. The molecule has 6 nitrogen and oxygen atoms in total. The molecule has 1 saturated heterocycles. The van der Waals surface area contributed by atoms with Crippen molar-refractivity contribution in [1.29, 1.82) is 0 Å². The minimum Gasteiger partial charge on any atom is -0.430 e. The number of halogens is 3. The van der Waals surface area contributed by atoms with E-state index in [-0.39, 0.29) is 11.9 Å². The van der Waals surface area contributed by atoms with Gasteiger partial charge >= 0.3 is 6.16 Å². The molecule has 1 rings (SSSR count). The smallest absolute Gasteiger partial charge is 0.430 e. The lowest BCUT2D eigenvalue weighted by atomic mass is 9.83. The molecule has 1 heterocycles. The zero-order valence-corrected chi connectivity index (χ0v) is 15.8. The van der Waals surface area contributed by atoms with Crippen LogP contribution in [0.1, 0.15) is 26.7 Å². The van der Waals surface area contributed by atoms with Crippen molar-refractivity contribution in [3.8, 4) is 0 Å². The average molecular weight is 406 g/mol. The third kappa shape index (κ3) is 7.28. The van der Waals surface area contributed by atoms with Crippen molar-refractivity contribution in [1.82, 2.24) is 10.6 Å². The van der Waals surface area contributed by atoms with Crippen LogP contribution in [-0.2, 0) is 14.3 Å². The molecule has 0 aromatic rings. The van der Waals surface area contributed by atoms with E-state index in [0.29, 0.717) is 12.8 Å². The minimum atomic E-state index is -1.71. The maximum Gasteiger partial charge on any atom is 0.508 e. The highest BCUT2D eigenvalue weighted by Crippen LogP contribution is 2.27. The van der Waals surface area contributed by atoms with Gasteiger partial charge in [-0.05, 0) is 26.7 Å². The number of ether oxygens (including phenoxy) is 2. The summed E-state index contributed by atoms with van der Waals surface area (Å²) in [4.78, 5) is 24.0. The molecule has 1 aliphatic rings. The number of hydrogen-bond donors (Lipinski definition) is 2. The van der Waals surface area contributed by atoms with Crippen LogP contribution in [-0.4, -0.2) is 46.1 Å². The molecule has 1 fully saturated rings. The number of rotatable bonds is 7. The van der Waals surface area contributed by atoms with Crippen LogP contribution in [0.25, 0.3) is 0 Å². The molecule has 2 N–H and O–H groups in total. The van der Waals surface area contributed by atoms with Crippen molar-refractivity contribution in [2.24, 2.45) is 5.92 Å². The maximum absolute atomic E-state index is 11.7. The Kier molecular flexibility index (Phi) is 8.13. The summed E-state index contributed by atoms with van der Waals surface area (Å²) < 4.78 is 8.03. The Morgan fingerprint density at radius 3 is 2.65 bits per heavy atom. The molecule has 0 aliphatic carbocycles. The maximum atomic E-state index is 11.7. The summed E-state index contributed by atoms with van der Waals surface area (Å²) >= 11 is 21.6.